The predicted molar refractivity (Wildman–Crippen MR) is 119 cm³/mol. The number of carbonyl (C=O) groups excluding carboxylic acids is 3. The molecule has 0 radical (unpaired) electrons. The fourth-order valence-corrected chi connectivity index (χ4v) is 3.42. The van der Waals surface area contributed by atoms with E-state index in [2.05, 4.69) is 15.4 Å². The standard InChI is InChI=1S/C22H24N4O4.ClH/c1-30-19(27)11-17-10-18(26-22(17)29)12-25-21(28)14-7-5-13(6-8-14)15-3-2-4-16(9-15)20(23)24;/h2-9,17-18H,10-12H2,1H3,(H3,23,24)(H,25,28)(H,26,29);1H/t17-,18-;/m0./s1. The molecule has 2 amide bonds. The van der Waals surface area contributed by atoms with Crippen molar-refractivity contribution in [3.63, 3.8) is 0 Å². The highest BCUT2D eigenvalue weighted by atomic mass is 35.5. The molecule has 1 fully saturated rings. The lowest BCUT2D eigenvalue weighted by Gasteiger charge is -2.12. The van der Waals surface area contributed by atoms with Gasteiger partial charge >= 0.3 is 5.97 Å². The lowest BCUT2D eigenvalue weighted by atomic mass is 10.0. The van der Waals surface area contributed by atoms with Crippen molar-refractivity contribution in [1.82, 2.24) is 10.6 Å². The van der Waals surface area contributed by atoms with Gasteiger partial charge in [0, 0.05) is 23.7 Å². The van der Waals surface area contributed by atoms with Crippen LogP contribution in [-0.4, -0.2) is 43.3 Å². The van der Waals surface area contributed by atoms with Gasteiger partial charge in [0.25, 0.3) is 5.91 Å². The molecule has 1 aliphatic heterocycles. The minimum atomic E-state index is -0.426. The summed E-state index contributed by atoms with van der Waals surface area (Å²) in [6, 6.07) is 14.2. The van der Waals surface area contributed by atoms with E-state index in [4.69, 9.17) is 11.1 Å². The van der Waals surface area contributed by atoms with Gasteiger partial charge in [-0.25, -0.2) is 0 Å². The number of ether oxygens (including phenoxy) is 1. The Kier molecular flexibility index (Phi) is 8.15. The van der Waals surface area contributed by atoms with Crippen LogP contribution in [0, 0.1) is 11.3 Å². The Bertz CT molecular complexity index is 978. The van der Waals surface area contributed by atoms with Crippen LogP contribution in [0.1, 0.15) is 28.8 Å². The molecule has 1 aliphatic rings. The highest BCUT2D eigenvalue weighted by molar-refractivity contribution is 5.97. The van der Waals surface area contributed by atoms with Crippen molar-refractivity contribution in [3.8, 4) is 11.1 Å². The SMILES string of the molecule is COC(=O)C[C@@H]1C[C@@H](CNC(=O)c2ccc(-c3cccc(C(=N)N)c3)cc2)NC1=O.Cl. The number of amidine groups is 1. The first-order chi connectivity index (χ1) is 14.4. The van der Waals surface area contributed by atoms with Crippen LogP contribution in [0.2, 0.25) is 0 Å². The average Bonchev–Trinajstić information content (AvgIpc) is 3.11. The van der Waals surface area contributed by atoms with Gasteiger partial charge in [-0.2, -0.15) is 0 Å². The summed E-state index contributed by atoms with van der Waals surface area (Å²) in [4.78, 5) is 35.7. The summed E-state index contributed by atoms with van der Waals surface area (Å²) >= 11 is 0. The molecule has 0 aliphatic carbocycles. The van der Waals surface area contributed by atoms with E-state index in [1.807, 2.05) is 30.3 Å². The van der Waals surface area contributed by atoms with Crippen molar-refractivity contribution in [2.75, 3.05) is 13.7 Å². The number of amides is 2. The van der Waals surface area contributed by atoms with Crippen molar-refractivity contribution < 1.29 is 19.1 Å². The van der Waals surface area contributed by atoms with Gasteiger partial charge in [0.2, 0.25) is 5.91 Å². The first kappa shape index (κ1) is 23.9. The van der Waals surface area contributed by atoms with Crippen LogP contribution in [0.25, 0.3) is 11.1 Å². The molecule has 2 aromatic carbocycles. The summed E-state index contributed by atoms with van der Waals surface area (Å²) in [5.41, 5.74) is 8.48. The number of nitrogen functional groups attached to an aromatic ring is 1. The minimum absolute atomic E-state index is 0. The van der Waals surface area contributed by atoms with Crippen LogP contribution in [0.3, 0.4) is 0 Å². The lowest BCUT2D eigenvalue weighted by molar-refractivity contribution is -0.143. The second kappa shape index (κ2) is 10.6. The fraction of sp³-hybridized carbons (Fsp3) is 0.273. The number of methoxy groups -OCH3 is 1. The molecular formula is C22H25ClN4O4. The van der Waals surface area contributed by atoms with Crippen molar-refractivity contribution >= 4 is 36.0 Å². The van der Waals surface area contributed by atoms with Crippen molar-refractivity contribution in [3.05, 3.63) is 59.7 Å². The Balaban J connectivity index is 0.00000341. The Hall–Kier alpha value is -3.39. The summed E-state index contributed by atoms with van der Waals surface area (Å²) < 4.78 is 4.61. The Morgan fingerprint density at radius 1 is 1.16 bits per heavy atom. The molecule has 0 spiro atoms. The third-order valence-electron chi connectivity index (χ3n) is 5.09. The molecule has 2 atom stereocenters. The number of halogens is 1. The summed E-state index contributed by atoms with van der Waals surface area (Å²) in [5.74, 6) is -1.29. The highest BCUT2D eigenvalue weighted by Crippen LogP contribution is 2.22. The third-order valence-corrected chi connectivity index (χ3v) is 5.09. The van der Waals surface area contributed by atoms with Crippen molar-refractivity contribution in [1.29, 1.82) is 5.41 Å². The average molecular weight is 445 g/mol. The largest absolute Gasteiger partial charge is 0.469 e. The molecule has 5 N–H and O–H groups in total. The number of nitrogens with one attached hydrogen (secondary N) is 3. The van der Waals surface area contributed by atoms with E-state index in [-0.39, 0.29) is 49.1 Å². The first-order valence-corrected chi connectivity index (χ1v) is 9.57. The number of hydrogen-bond donors (Lipinski definition) is 4. The summed E-state index contributed by atoms with van der Waals surface area (Å²) in [6.45, 7) is 0.282. The van der Waals surface area contributed by atoms with Crippen LogP contribution >= 0.6 is 12.4 Å². The summed E-state index contributed by atoms with van der Waals surface area (Å²) in [6.07, 6.45) is 0.513. The van der Waals surface area contributed by atoms with E-state index in [1.165, 1.54) is 7.11 Å². The normalized spacial score (nSPS) is 17.3. The molecule has 0 saturated carbocycles. The Morgan fingerprint density at radius 3 is 2.52 bits per heavy atom. The van der Waals surface area contributed by atoms with E-state index in [0.717, 1.165) is 11.1 Å². The molecule has 9 heteroatoms. The molecule has 3 rings (SSSR count). The van der Waals surface area contributed by atoms with Crippen LogP contribution in [0.4, 0.5) is 0 Å². The zero-order valence-electron chi connectivity index (χ0n) is 17.0. The molecule has 8 nitrogen and oxygen atoms in total. The van der Waals surface area contributed by atoms with Crippen molar-refractivity contribution in [2.24, 2.45) is 11.7 Å². The molecule has 1 heterocycles. The number of benzene rings is 2. The van der Waals surface area contributed by atoms with Gasteiger partial charge in [0.05, 0.1) is 19.4 Å². The van der Waals surface area contributed by atoms with E-state index in [0.29, 0.717) is 17.5 Å². The topological polar surface area (TPSA) is 134 Å². The Labute approximate surface area is 186 Å². The maximum Gasteiger partial charge on any atom is 0.306 e. The van der Waals surface area contributed by atoms with Crippen LogP contribution in [0.15, 0.2) is 48.5 Å². The van der Waals surface area contributed by atoms with Gasteiger partial charge < -0.3 is 21.1 Å². The van der Waals surface area contributed by atoms with Gasteiger partial charge in [-0.15, -0.1) is 12.4 Å². The second-order valence-corrected chi connectivity index (χ2v) is 7.20. The second-order valence-electron chi connectivity index (χ2n) is 7.20. The lowest BCUT2D eigenvalue weighted by Crippen LogP contribution is -2.38. The monoisotopic (exact) mass is 444 g/mol. The molecule has 31 heavy (non-hydrogen) atoms. The maximum atomic E-state index is 12.4. The van der Waals surface area contributed by atoms with E-state index < -0.39 is 11.9 Å². The fourth-order valence-electron chi connectivity index (χ4n) is 3.42. The van der Waals surface area contributed by atoms with Crippen LogP contribution in [0.5, 0.6) is 0 Å². The molecule has 1 saturated heterocycles. The Morgan fingerprint density at radius 2 is 1.87 bits per heavy atom. The highest BCUT2D eigenvalue weighted by Gasteiger charge is 2.33. The molecule has 0 unspecified atom stereocenters. The zero-order valence-corrected chi connectivity index (χ0v) is 17.8. The number of nitrogens with two attached hydrogens (primary N) is 1. The van der Waals surface area contributed by atoms with Gasteiger partial charge in [-0.1, -0.05) is 30.3 Å². The first-order valence-electron chi connectivity index (χ1n) is 9.57. The number of hydrogen-bond acceptors (Lipinski definition) is 5. The third kappa shape index (κ3) is 6.05. The summed E-state index contributed by atoms with van der Waals surface area (Å²) in [5, 5.41) is 13.2. The molecule has 2 aromatic rings. The van der Waals surface area contributed by atoms with Crippen LogP contribution in [-0.2, 0) is 14.3 Å². The minimum Gasteiger partial charge on any atom is -0.469 e. The molecular weight excluding hydrogens is 420 g/mol. The number of carbonyl (C=O) groups is 3. The zero-order chi connectivity index (χ0) is 21.7. The van der Waals surface area contributed by atoms with Gasteiger partial charge in [-0.05, 0) is 35.7 Å². The summed E-state index contributed by atoms with van der Waals surface area (Å²) in [7, 11) is 1.29. The number of rotatable bonds is 7. The smallest absolute Gasteiger partial charge is 0.306 e. The molecule has 0 bridgehead atoms. The number of esters is 1. The van der Waals surface area contributed by atoms with Crippen molar-refractivity contribution in [2.45, 2.75) is 18.9 Å². The molecule has 0 aromatic heterocycles. The van der Waals surface area contributed by atoms with Crippen LogP contribution < -0.4 is 16.4 Å². The van der Waals surface area contributed by atoms with E-state index in [1.54, 1.807) is 18.2 Å². The van der Waals surface area contributed by atoms with E-state index in [9.17, 15) is 14.4 Å². The molecule has 164 valence electrons. The predicted octanol–water partition coefficient (Wildman–Crippen LogP) is 1.86. The van der Waals surface area contributed by atoms with E-state index >= 15 is 0 Å². The quantitative estimate of drug-likeness (QED) is 0.294. The van der Waals surface area contributed by atoms with Gasteiger partial charge in [0.15, 0.2) is 0 Å². The van der Waals surface area contributed by atoms with Gasteiger partial charge in [-0.3, -0.25) is 19.8 Å². The maximum absolute atomic E-state index is 12.4. The van der Waals surface area contributed by atoms with Gasteiger partial charge in [0.1, 0.15) is 5.84 Å².